The molecule has 0 aliphatic carbocycles. The number of aromatic carboxylic acids is 1. The number of rotatable bonds is 2. The van der Waals surface area contributed by atoms with Crippen LogP contribution >= 0.6 is 11.3 Å². The van der Waals surface area contributed by atoms with E-state index in [0.29, 0.717) is 19.3 Å². The van der Waals surface area contributed by atoms with E-state index in [1.807, 2.05) is 0 Å². The van der Waals surface area contributed by atoms with Crippen molar-refractivity contribution in [1.29, 1.82) is 0 Å². The van der Waals surface area contributed by atoms with Gasteiger partial charge in [0.1, 0.15) is 4.88 Å². The first-order chi connectivity index (χ1) is 7.61. The van der Waals surface area contributed by atoms with Crippen LogP contribution in [0.1, 0.15) is 28.9 Å². The number of nitrogens with zero attached hydrogens (tertiary/aromatic N) is 1. The fourth-order valence-corrected chi connectivity index (χ4v) is 2.37. The number of hydrogen-bond acceptors (Lipinski definition) is 4. The second-order valence-corrected chi connectivity index (χ2v) is 4.33. The van der Waals surface area contributed by atoms with Gasteiger partial charge in [-0.25, -0.2) is 9.69 Å². The number of hydrogen-bond donors (Lipinski definition) is 1. The Morgan fingerprint density at radius 2 is 1.94 bits per heavy atom. The summed E-state index contributed by atoms with van der Waals surface area (Å²) in [5.41, 5.74) is 0.201. The zero-order valence-corrected chi connectivity index (χ0v) is 9.12. The lowest BCUT2D eigenvalue weighted by atomic mass is 10.1. The summed E-state index contributed by atoms with van der Waals surface area (Å²) < 4.78 is 0. The Bertz CT molecular complexity index is 449. The molecular weight excluding hydrogens is 230 g/mol. The SMILES string of the molecule is O=C(O)c1sccc1N1C(=O)CCCC1=O. The van der Waals surface area contributed by atoms with Gasteiger partial charge in [-0.2, -0.15) is 0 Å². The fourth-order valence-electron chi connectivity index (χ4n) is 1.66. The lowest BCUT2D eigenvalue weighted by molar-refractivity contribution is -0.129. The molecule has 0 saturated carbocycles. The molecule has 6 heteroatoms. The van der Waals surface area contributed by atoms with Crippen molar-refractivity contribution in [2.24, 2.45) is 0 Å². The van der Waals surface area contributed by atoms with Crippen LogP contribution in [0.25, 0.3) is 0 Å². The Hall–Kier alpha value is -1.69. The van der Waals surface area contributed by atoms with Gasteiger partial charge in [0.15, 0.2) is 0 Å². The monoisotopic (exact) mass is 239 g/mol. The van der Waals surface area contributed by atoms with E-state index in [-0.39, 0.29) is 22.4 Å². The smallest absolute Gasteiger partial charge is 0.348 e. The summed E-state index contributed by atoms with van der Waals surface area (Å²) in [5.74, 6) is -1.76. The summed E-state index contributed by atoms with van der Waals surface area (Å²) in [6.07, 6.45) is 1.13. The first-order valence-electron chi connectivity index (χ1n) is 4.78. The van der Waals surface area contributed by atoms with E-state index in [9.17, 15) is 14.4 Å². The van der Waals surface area contributed by atoms with Crippen LogP contribution in [0.5, 0.6) is 0 Å². The standard InChI is InChI=1S/C10H9NO4S/c12-7-2-1-3-8(13)11(7)6-4-5-16-9(6)10(14)15/h4-5H,1-3H2,(H,14,15). The minimum Gasteiger partial charge on any atom is -0.477 e. The van der Waals surface area contributed by atoms with E-state index in [1.165, 1.54) is 6.07 Å². The Balaban J connectivity index is 2.42. The van der Waals surface area contributed by atoms with Crippen molar-refractivity contribution in [2.45, 2.75) is 19.3 Å². The molecule has 1 saturated heterocycles. The van der Waals surface area contributed by atoms with E-state index in [0.717, 1.165) is 16.2 Å². The summed E-state index contributed by atoms with van der Waals surface area (Å²) >= 11 is 1.01. The summed E-state index contributed by atoms with van der Waals surface area (Å²) in [7, 11) is 0. The molecule has 5 nitrogen and oxygen atoms in total. The average Bonchev–Trinajstić information content (AvgIpc) is 2.66. The quantitative estimate of drug-likeness (QED) is 0.793. The van der Waals surface area contributed by atoms with Crippen LogP contribution in [-0.4, -0.2) is 22.9 Å². The van der Waals surface area contributed by atoms with E-state index in [1.54, 1.807) is 5.38 Å². The Morgan fingerprint density at radius 1 is 1.31 bits per heavy atom. The molecule has 0 unspecified atom stereocenters. The van der Waals surface area contributed by atoms with Gasteiger partial charge < -0.3 is 5.11 Å². The van der Waals surface area contributed by atoms with Crippen molar-refractivity contribution in [3.8, 4) is 0 Å². The second-order valence-electron chi connectivity index (χ2n) is 3.42. The van der Waals surface area contributed by atoms with Crippen molar-refractivity contribution in [1.82, 2.24) is 0 Å². The predicted octanol–water partition coefficient (Wildman–Crippen LogP) is 1.49. The molecule has 1 N–H and O–H groups in total. The molecule has 84 valence electrons. The van der Waals surface area contributed by atoms with Crippen molar-refractivity contribution in [3.05, 3.63) is 16.3 Å². The van der Waals surface area contributed by atoms with Crippen LogP contribution in [-0.2, 0) is 9.59 Å². The van der Waals surface area contributed by atoms with Gasteiger partial charge in [-0.3, -0.25) is 9.59 Å². The van der Waals surface area contributed by atoms with Crippen LogP contribution in [0.2, 0.25) is 0 Å². The first kappa shape index (κ1) is 10.8. The molecule has 0 atom stereocenters. The molecule has 0 aromatic carbocycles. The number of carbonyl (C=O) groups excluding carboxylic acids is 2. The van der Waals surface area contributed by atoms with Crippen molar-refractivity contribution >= 4 is 34.8 Å². The van der Waals surface area contributed by atoms with E-state index in [4.69, 9.17) is 5.11 Å². The topological polar surface area (TPSA) is 74.7 Å². The molecule has 2 rings (SSSR count). The third-order valence-corrected chi connectivity index (χ3v) is 3.25. The van der Waals surface area contributed by atoms with Gasteiger partial charge in [0.05, 0.1) is 5.69 Å². The molecule has 0 radical (unpaired) electrons. The molecule has 1 aliphatic heterocycles. The first-order valence-corrected chi connectivity index (χ1v) is 5.66. The third kappa shape index (κ3) is 1.71. The maximum atomic E-state index is 11.6. The van der Waals surface area contributed by atoms with Crippen LogP contribution in [0, 0.1) is 0 Å². The van der Waals surface area contributed by atoms with Gasteiger partial charge in [0, 0.05) is 12.8 Å². The maximum Gasteiger partial charge on any atom is 0.348 e. The molecule has 2 heterocycles. The fraction of sp³-hybridized carbons (Fsp3) is 0.300. The molecular formula is C10H9NO4S. The van der Waals surface area contributed by atoms with Crippen molar-refractivity contribution in [2.75, 3.05) is 4.90 Å². The number of imide groups is 1. The minimum absolute atomic E-state index is 0.0311. The van der Waals surface area contributed by atoms with Crippen LogP contribution in [0.15, 0.2) is 11.4 Å². The minimum atomic E-state index is -1.11. The Morgan fingerprint density at radius 3 is 2.50 bits per heavy atom. The van der Waals surface area contributed by atoms with Gasteiger partial charge in [-0.15, -0.1) is 11.3 Å². The number of thiophene rings is 1. The Labute approximate surface area is 95.3 Å². The molecule has 1 fully saturated rings. The second kappa shape index (κ2) is 4.05. The maximum absolute atomic E-state index is 11.6. The van der Waals surface area contributed by atoms with Crippen LogP contribution in [0.3, 0.4) is 0 Å². The number of carboxylic acids is 1. The zero-order chi connectivity index (χ0) is 11.7. The van der Waals surface area contributed by atoms with E-state index >= 15 is 0 Å². The average molecular weight is 239 g/mol. The van der Waals surface area contributed by atoms with Crippen LogP contribution < -0.4 is 4.90 Å². The third-order valence-electron chi connectivity index (χ3n) is 2.36. The number of carbonyl (C=O) groups is 3. The lowest BCUT2D eigenvalue weighted by Crippen LogP contribution is -2.40. The lowest BCUT2D eigenvalue weighted by Gasteiger charge is -2.24. The van der Waals surface area contributed by atoms with Crippen LogP contribution in [0.4, 0.5) is 5.69 Å². The molecule has 1 aromatic heterocycles. The summed E-state index contributed by atoms with van der Waals surface area (Å²) in [6, 6.07) is 1.50. The van der Waals surface area contributed by atoms with Gasteiger partial charge in [-0.1, -0.05) is 0 Å². The summed E-state index contributed by atoms with van der Waals surface area (Å²) in [4.78, 5) is 35.1. The molecule has 1 aromatic rings. The van der Waals surface area contributed by atoms with Gasteiger partial charge in [0.25, 0.3) is 0 Å². The van der Waals surface area contributed by atoms with Crippen molar-refractivity contribution in [3.63, 3.8) is 0 Å². The van der Waals surface area contributed by atoms with Crippen molar-refractivity contribution < 1.29 is 19.5 Å². The van der Waals surface area contributed by atoms with Gasteiger partial charge in [-0.05, 0) is 17.9 Å². The summed E-state index contributed by atoms with van der Waals surface area (Å²) in [6.45, 7) is 0. The highest BCUT2D eigenvalue weighted by Crippen LogP contribution is 2.29. The molecule has 16 heavy (non-hydrogen) atoms. The predicted molar refractivity (Wildman–Crippen MR) is 57.6 cm³/mol. The summed E-state index contributed by atoms with van der Waals surface area (Å²) in [5, 5.41) is 10.5. The zero-order valence-electron chi connectivity index (χ0n) is 8.30. The van der Waals surface area contributed by atoms with Gasteiger partial charge >= 0.3 is 5.97 Å². The van der Waals surface area contributed by atoms with E-state index < -0.39 is 5.97 Å². The highest BCUT2D eigenvalue weighted by atomic mass is 32.1. The normalized spacial score (nSPS) is 16.6. The largest absolute Gasteiger partial charge is 0.477 e. The number of anilines is 1. The molecule has 1 aliphatic rings. The number of amides is 2. The highest BCUT2D eigenvalue weighted by Gasteiger charge is 2.30. The Kier molecular flexibility index (Phi) is 2.74. The number of piperidine rings is 1. The van der Waals surface area contributed by atoms with E-state index in [2.05, 4.69) is 0 Å². The number of carboxylic acid groups (broad SMARTS) is 1. The van der Waals surface area contributed by atoms with Gasteiger partial charge in [0.2, 0.25) is 11.8 Å². The highest BCUT2D eigenvalue weighted by molar-refractivity contribution is 7.12. The molecule has 0 bridgehead atoms. The molecule has 0 spiro atoms. The molecule has 2 amide bonds.